The van der Waals surface area contributed by atoms with E-state index in [4.69, 9.17) is 5.14 Å². The van der Waals surface area contributed by atoms with E-state index >= 15 is 0 Å². The van der Waals surface area contributed by atoms with E-state index in [9.17, 15) is 18.0 Å². The molecular weight excluding hydrogens is 362 g/mol. The molecule has 2 aromatic rings. The van der Waals surface area contributed by atoms with Gasteiger partial charge in [0.05, 0.1) is 16.3 Å². The van der Waals surface area contributed by atoms with E-state index in [-0.39, 0.29) is 17.3 Å². The fourth-order valence-corrected chi connectivity index (χ4v) is 3.85. The van der Waals surface area contributed by atoms with E-state index in [1.165, 1.54) is 17.4 Å². The van der Waals surface area contributed by atoms with Crippen LogP contribution in [0, 0.1) is 6.92 Å². The number of benzene rings is 1. The van der Waals surface area contributed by atoms with Crippen molar-refractivity contribution in [1.29, 1.82) is 0 Å². The molecule has 1 aromatic heterocycles. The molecule has 0 saturated heterocycles. The molecule has 4 N–H and O–H groups in total. The summed E-state index contributed by atoms with van der Waals surface area (Å²) in [5.41, 5.74) is 0.870. The van der Waals surface area contributed by atoms with E-state index in [2.05, 4.69) is 10.6 Å². The number of hydrogen-bond acceptors (Lipinski definition) is 5. The molecule has 0 aliphatic rings. The van der Waals surface area contributed by atoms with Crippen LogP contribution in [-0.4, -0.2) is 26.8 Å². The smallest absolute Gasteiger partial charge is 0.261 e. The second-order valence-corrected chi connectivity index (χ2v) is 8.18. The molecule has 0 bridgehead atoms. The van der Waals surface area contributed by atoms with Crippen LogP contribution in [0.4, 0.5) is 5.69 Å². The van der Waals surface area contributed by atoms with Crippen LogP contribution in [-0.2, 0) is 21.2 Å². The van der Waals surface area contributed by atoms with Gasteiger partial charge in [0.15, 0.2) is 0 Å². The Kier molecular flexibility index (Phi) is 5.93. The molecule has 1 heterocycles. The van der Waals surface area contributed by atoms with Gasteiger partial charge in [-0.15, -0.1) is 11.3 Å². The Morgan fingerprint density at radius 2 is 1.92 bits per heavy atom. The molecule has 0 radical (unpaired) electrons. The molecule has 134 valence electrons. The van der Waals surface area contributed by atoms with Crippen LogP contribution < -0.4 is 15.8 Å². The van der Waals surface area contributed by atoms with Gasteiger partial charge < -0.3 is 10.6 Å². The summed E-state index contributed by atoms with van der Waals surface area (Å²) in [4.78, 5) is 25.4. The van der Waals surface area contributed by atoms with Crippen LogP contribution in [0.15, 0.2) is 35.2 Å². The van der Waals surface area contributed by atoms with Crippen molar-refractivity contribution in [2.75, 3.05) is 11.9 Å². The molecule has 25 heavy (non-hydrogen) atoms. The molecule has 1 aromatic carbocycles. The lowest BCUT2D eigenvalue weighted by molar-refractivity contribution is -0.115. The third-order valence-corrected chi connectivity index (χ3v) is 5.40. The van der Waals surface area contributed by atoms with E-state index < -0.39 is 15.9 Å². The first-order valence-electron chi connectivity index (χ1n) is 7.51. The number of thiophene rings is 1. The molecule has 0 aliphatic heterocycles. The van der Waals surface area contributed by atoms with E-state index in [0.29, 0.717) is 22.5 Å². The van der Waals surface area contributed by atoms with Gasteiger partial charge in [0.2, 0.25) is 15.9 Å². The summed E-state index contributed by atoms with van der Waals surface area (Å²) in [7, 11) is -3.88. The molecule has 0 aliphatic carbocycles. The fraction of sp³-hybridized carbons (Fsp3) is 0.250. The number of rotatable bonds is 6. The molecule has 0 saturated carbocycles. The van der Waals surface area contributed by atoms with Gasteiger partial charge in [-0.3, -0.25) is 9.59 Å². The number of hydrogen-bond donors (Lipinski definition) is 3. The normalized spacial score (nSPS) is 11.2. The van der Waals surface area contributed by atoms with Crippen molar-refractivity contribution < 1.29 is 18.0 Å². The molecule has 0 spiro atoms. The lowest BCUT2D eigenvalue weighted by Crippen LogP contribution is -2.32. The average Bonchev–Trinajstić information content (AvgIpc) is 2.98. The number of carbonyl (C=O) groups excluding carboxylic acids is 2. The van der Waals surface area contributed by atoms with Crippen LogP contribution in [0.3, 0.4) is 0 Å². The Bertz CT molecular complexity index is 904. The number of carbonyl (C=O) groups is 2. The second-order valence-electron chi connectivity index (χ2n) is 5.36. The highest BCUT2D eigenvalue weighted by atomic mass is 32.2. The Hall–Kier alpha value is -2.23. The predicted octanol–water partition coefficient (Wildman–Crippen LogP) is 1.63. The van der Waals surface area contributed by atoms with Gasteiger partial charge in [-0.25, -0.2) is 13.6 Å². The molecule has 2 amide bonds. The zero-order valence-corrected chi connectivity index (χ0v) is 15.5. The standard InChI is InChI=1S/C16H19N3O4S2/c1-3-11-5-6-12(8-14(11)25(17,22)23)19-15(20)9-18-16(21)13-7-4-10(2)24-13/h4-8H,3,9H2,1-2H3,(H,18,21)(H,19,20)(H2,17,22,23). The van der Waals surface area contributed by atoms with Crippen molar-refractivity contribution in [1.82, 2.24) is 5.32 Å². The van der Waals surface area contributed by atoms with Gasteiger partial charge in [-0.05, 0) is 43.2 Å². The summed E-state index contributed by atoms with van der Waals surface area (Å²) in [5, 5.41) is 10.3. The number of nitrogens with two attached hydrogens (primary N) is 1. The Labute approximate surface area is 150 Å². The minimum Gasteiger partial charge on any atom is -0.342 e. The Morgan fingerprint density at radius 3 is 2.48 bits per heavy atom. The van der Waals surface area contributed by atoms with Crippen molar-refractivity contribution in [3.8, 4) is 0 Å². The lowest BCUT2D eigenvalue weighted by Gasteiger charge is -2.10. The third kappa shape index (κ3) is 5.12. The highest BCUT2D eigenvalue weighted by Gasteiger charge is 2.15. The van der Waals surface area contributed by atoms with Crippen molar-refractivity contribution >= 4 is 38.9 Å². The van der Waals surface area contributed by atoms with Crippen LogP contribution in [0.1, 0.15) is 27.0 Å². The van der Waals surface area contributed by atoms with Gasteiger partial charge in [0.1, 0.15) is 0 Å². The first kappa shape index (κ1) is 19.1. The number of nitrogens with one attached hydrogen (secondary N) is 2. The molecule has 2 rings (SSSR count). The maximum atomic E-state index is 12.0. The Balaban J connectivity index is 2.02. The van der Waals surface area contributed by atoms with Crippen LogP contribution >= 0.6 is 11.3 Å². The lowest BCUT2D eigenvalue weighted by atomic mass is 10.1. The fourth-order valence-electron chi connectivity index (χ4n) is 2.20. The summed E-state index contributed by atoms with van der Waals surface area (Å²) in [6, 6.07) is 8.02. The minimum absolute atomic E-state index is 0.0223. The average molecular weight is 381 g/mol. The maximum absolute atomic E-state index is 12.0. The van der Waals surface area contributed by atoms with Gasteiger partial charge in [0.25, 0.3) is 5.91 Å². The topological polar surface area (TPSA) is 118 Å². The van der Waals surface area contributed by atoms with E-state index in [0.717, 1.165) is 4.88 Å². The van der Waals surface area contributed by atoms with Crippen molar-refractivity contribution in [2.24, 2.45) is 5.14 Å². The first-order chi connectivity index (χ1) is 11.7. The number of anilines is 1. The number of amides is 2. The highest BCUT2D eigenvalue weighted by molar-refractivity contribution is 7.89. The van der Waals surface area contributed by atoms with Gasteiger partial charge >= 0.3 is 0 Å². The second kappa shape index (κ2) is 7.77. The first-order valence-corrected chi connectivity index (χ1v) is 9.87. The maximum Gasteiger partial charge on any atom is 0.261 e. The zero-order valence-electron chi connectivity index (χ0n) is 13.8. The summed E-state index contributed by atoms with van der Waals surface area (Å²) in [6.45, 7) is 3.47. The zero-order chi connectivity index (χ0) is 18.6. The predicted molar refractivity (Wildman–Crippen MR) is 97.2 cm³/mol. The van der Waals surface area contributed by atoms with E-state index in [1.807, 2.05) is 19.9 Å². The molecule has 0 unspecified atom stereocenters. The summed E-state index contributed by atoms with van der Waals surface area (Å²) in [6.07, 6.45) is 0.496. The monoisotopic (exact) mass is 381 g/mol. The third-order valence-electron chi connectivity index (χ3n) is 3.41. The number of sulfonamides is 1. The largest absolute Gasteiger partial charge is 0.342 e. The van der Waals surface area contributed by atoms with Gasteiger partial charge in [0, 0.05) is 10.6 Å². The molecule has 0 fully saturated rings. The summed E-state index contributed by atoms with van der Waals surface area (Å²) < 4.78 is 23.3. The molecular formula is C16H19N3O4S2. The van der Waals surface area contributed by atoms with Gasteiger partial charge in [-0.1, -0.05) is 13.0 Å². The van der Waals surface area contributed by atoms with Crippen LogP contribution in [0.2, 0.25) is 0 Å². The molecule has 7 nitrogen and oxygen atoms in total. The van der Waals surface area contributed by atoms with Gasteiger partial charge in [-0.2, -0.15) is 0 Å². The van der Waals surface area contributed by atoms with E-state index in [1.54, 1.807) is 18.2 Å². The minimum atomic E-state index is -3.88. The molecule has 9 heteroatoms. The molecule has 0 atom stereocenters. The van der Waals surface area contributed by atoms with Crippen LogP contribution in [0.5, 0.6) is 0 Å². The summed E-state index contributed by atoms with van der Waals surface area (Å²) >= 11 is 1.34. The SMILES string of the molecule is CCc1ccc(NC(=O)CNC(=O)c2ccc(C)s2)cc1S(N)(=O)=O. The van der Waals surface area contributed by atoms with Crippen LogP contribution in [0.25, 0.3) is 0 Å². The number of aryl methyl sites for hydroxylation is 2. The van der Waals surface area contributed by atoms with Crippen molar-refractivity contribution in [2.45, 2.75) is 25.2 Å². The summed E-state index contributed by atoms with van der Waals surface area (Å²) in [5.74, 6) is -0.800. The highest BCUT2D eigenvalue weighted by Crippen LogP contribution is 2.20. The quantitative estimate of drug-likeness (QED) is 0.705. The van der Waals surface area contributed by atoms with Crippen molar-refractivity contribution in [3.05, 3.63) is 45.6 Å². The van der Waals surface area contributed by atoms with Crippen molar-refractivity contribution in [3.63, 3.8) is 0 Å². The number of primary sulfonamides is 1. The Morgan fingerprint density at radius 1 is 1.20 bits per heavy atom.